The van der Waals surface area contributed by atoms with Crippen molar-refractivity contribution >= 4 is 44.3 Å². The van der Waals surface area contributed by atoms with Gasteiger partial charge in [-0.15, -0.1) is 0 Å². The standard InChI is InChI=1S/C26H24FN5O5S/c27-17-13-18-19(15-32(26(18)35)20-6-7-23(33)29-25(20)34)21(14-17)30-9-11-31(12-10-30)38(36,37)22-5-1-3-16-4-2-8-28-24(16)22/h1-5,8,13-14,20H,6-7,9-12,15H2,(H,29,33,34). The smallest absolute Gasteiger partial charge is 0.255 e. The van der Waals surface area contributed by atoms with E-state index in [2.05, 4.69) is 10.3 Å². The van der Waals surface area contributed by atoms with E-state index in [-0.39, 0.29) is 48.8 Å². The van der Waals surface area contributed by atoms with E-state index in [0.717, 1.165) is 5.39 Å². The molecule has 0 bridgehead atoms. The lowest BCUT2D eigenvalue weighted by atomic mass is 10.0. The average Bonchev–Trinajstić information content (AvgIpc) is 3.23. The summed E-state index contributed by atoms with van der Waals surface area (Å²) in [5.74, 6) is -1.96. The molecule has 1 atom stereocenters. The molecule has 3 amide bonds. The zero-order valence-corrected chi connectivity index (χ0v) is 21.1. The molecule has 3 aromatic rings. The third kappa shape index (κ3) is 4.00. The van der Waals surface area contributed by atoms with E-state index in [4.69, 9.17) is 0 Å². The summed E-state index contributed by atoms with van der Waals surface area (Å²) in [5.41, 5.74) is 1.69. The summed E-state index contributed by atoms with van der Waals surface area (Å²) in [4.78, 5) is 44.7. The molecule has 0 saturated carbocycles. The van der Waals surface area contributed by atoms with Gasteiger partial charge in [0, 0.05) is 67.5 Å². The summed E-state index contributed by atoms with van der Waals surface area (Å²) in [5, 5.41) is 2.99. The number of benzene rings is 2. The molecular weight excluding hydrogens is 513 g/mol. The van der Waals surface area contributed by atoms with Gasteiger partial charge >= 0.3 is 0 Å². The first-order valence-electron chi connectivity index (χ1n) is 12.3. The normalized spacial score (nSPS) is 20.7. The summed E-state index contributed by atoms with van der Waals surface area (Å²) in [6, 6.07) is 10.3. The Bertz CT molecular complexity index is 1600. The van der Waals surface area contributed by atoms with Gasteiger partial charge in [0.15, 0.2) is 0 Å². The lowest BCUT2D eigenvalue weighted by Crippen LogP contribution is -2.52. The van der Waals surface area contributed by atoms with Crippen LogP contribution >= 0.6 is 0 Å². The summed E-state index contributed by atoms with van der Waals surface area (Å²) in [6.07, 6.45) is 1.89. The molecule has 3 aliphatic rings. The molecule has 1 N–H and O–H groups in total. The number of para-hydroxylation sites is 1. The van der Waals surface area contributed by atoms with Crippen LogP contribution in [0.15, 0.2) is 53.6 Å². The number of sulfonamides is 1. The summed E-state index contributed by atoms with van der Waals surface area (Å²) in [6.45, 7) is 1.03. The molecule has 38 heavy (non-hydrogen) atoms. The Balaban J connectivity index is 1.24. The Hall–Kier alpha value is -3.90. The first-order chi connectivity index (χ1) is 18.2. The van der Waals surface area contributed by atoms with E-state index in [0.29, 0.717) is 29.9 Å². The van der Waals surface area contributed by atoms with Gasteiger partial charge < -0.3 is 9.80 Å². The van der Waals surface area contributed by atoms with Gasteiger partial charge in [-0.25, -0.2) is 12.8 Å². The van der Waals surface area contributed by atoms with Crippen LogP contribution in [0.3, 0.4) is 0 Å². The Morgan fingerprint density at radius 2 is 1.76 bits per heavy atom. The lowest BCUT2D eigenvalue weighted by molar-refractivity contribution is -0.136. The second-order valence-corrected chi connectivity index (χ2v) is 11.5. The van der Waals surface area contributed by atoms with Crippen molar-refractivity contribution in [1.29, 1.82) is 0 Å². The number of piperidine rings is 1. The van der Waals surface area contributed by atoms with Gasteiger partial charge in [-0.3, -0.25) is 24.7 Å². The van der Waals surface area contributed by atoms with E-state index in [9.17, 15) is 27.2 Å². The van der Waals surface area contributed by atoms with Gasteiger partial charge in [0.25, 0.3) is 5.91 Å². The maximum atomic E-state index is 14.6. The molecule has 10 nitrogen and oxygen atoms in total. The van der Waals surface area contributed by atoms with Crippen molar-refractivity contribution in [2.24, 2.45) is 0 Å². The minimum absolute atomic E-state index is 0.107. The maximum Gasteiger partial charge on any atom is 0.255 e. The number of fused-ring (bicyclic) bond motifs is 2. The Morgan fingerprint density at radius 1 is 1.00 bits per heavy atom. The van der Waals surface area contributed by atoms with Crippen LogP contribution in [-0.2, 0) is 26.2 Å². The van der Waals surface area contributed by atoms with Crippen molar-refractivity contribution in [1.82, 2.24) is 19.5 Å². The van der Waals surface area contributed by atoms with Crippen LogP contribution in [-0.4, -0.2) is 72.5 Å². The number of pyridine rings is 1. The summed E-state index contributed by atoms with van der Waals surface area (Å²) < 4.78 is 43.0. The van der Waals surface area contributed by atoms with Crippen molar-refractivity contribution in [3.8, 4) is 0 Å². The molecule has 2 aromatic carbocycles. The number of anilines is 1. The van der Waals surface area contributed by atoms with Crippen LogP contribution in [0.1, 0.15) is 28.8 Å². The number of hydrogen-bond acceptors (Lipinski definition) is 7. The van der Waals surface area contributed by atoms with E-state index in [1.54, 1.807) is 24.4 Å². The van der Waals surface area contributed by atoms with Crippen LogP contribution < -0.4 is 10.2 Å². The lowest BCUT2D eigenvalue weighted by Gasteiger charge is -2.36. The molecular formula is C26H24FN5O5S. The van der Waals surface area contributed by atoms with Crippen LogP contribution in [0, 0.1) is 5.82 Å². The zero-order valence-electron chi connectivity index (χ0n) is 20.3. The van der Waals surface area contributed by atoms with Crippen molar-refractivity contribution in [2.45, 2.75) is 30.3 Å². The number of rotatable bonds is 4. The number of carbonyl (C=O) groups excluding carboxylic acids is 3. The monoisotopic (exact) mass is 537 g/mol. The number of hydrogen-bond donors (Lipinski definition) is 1. The largest absolute Gasteiger partial charge is 0.369 e. The number of nitrogens with zero attached hydrogens (tertiary/aromatic N) is 4. The highest BCUT2D eigenvalue weighted by Crippen LogP contribution is 2.36. The molecule has 2 saturated heterocycles. The highest BCUT2D eigenvalue weighted by atomic mass is 32.2. The van der Waals surface area contributed by atoms with E-state index in [1.165, 1.54) is 21.3 Å². The van der Waals surface area contributed by atoms with E-state index in [1.807, 2.05) is 17.0 Å². The highest BCUT2D eigenvalue weighted by Gasteiger charge is 2.41. The first kappa shape index (κ1) is 24.4. The van der Waals surface area contributed by atoms with Crippen molar-refractivity contribution in [3.05, 3.63) is 65.6 Å². The van der Waals surface area contributed by atoms with Crippen LogP contribution in [0.2, 0.25) is 0 Å². The summed E-state index contributed by atoms with van der Waals surface area (Å²) >= 11 is 0. The van der Waals surface area contributed by atoms with Gasteiger partial charge in [0.05, 0.1) is 5.52 Å². The molecule has 3 aliphatic heterocycles. The second-order valence-electron chi connectivity index (χ2n) is 9.57. The van der Waals surface area contributed by atoms with Crippen molar-refractivity contribution < 1.29 is 27.2 Å². The highest BCUT2D eigenvalue weighted by molar-refractivity contribution is 7.89. The predicted molar refractivity (Wildman–Crippen MR) is 135 cm³/mol. The Kier molecular flexibility index (Phi) is 5.88. The zero-order chi connectivity index (χ0) is 26.6. The van der Waals surface area contributed by atoms with Crippen molar-refractivity contribution in [2.75, 3.05) is 31.1 Å². The number of piperazine rings is 1. The number of carbonyl (C=O) groups is 3. The fraction of sp³-hybridized carbons (Fsp3) is 0.308. The number of halogens is 1. The molecule has 0 radical (unpaired) electrons. The minimum Gasteiger partial charge on any atom is -0.369 e. The van der Waals surface area contributed by atoms with Gasteiger partial charge in [0.2, 0.25) is 21.8 Å². The molecule has 2 fully saturated rings. The number of amides is 3. The molecule has 6 rings (SSSR count). The minimum atomic E-state index is -3.82. The fourth-order valence-electron chi connectivity index (χ4n) is 5.48. The first-order valence-corrected chi connectivity index (χ1v) is 13.7. The van der Waals surface area contributed by atoms with E-state index < -0.39 is 33.7 Å². The van der Waals surface area contributed by atoms with Gasteiger partial charge in [0.1, 0.15) is 16.8 Å². The second kappa shape index (κ2) is 9.14. The third-order valence-electron chi connectivity index (χ3n) is 7.39. The number of aromatic nitrogens is 1. The third-order valence-corrected chi connectivity index (χ3v) is 9.32. The van der Waals surface area contributed by atoms with Gasteiger partial charge in [-0.05, 0) is 30.7 Å². The molecule has 1 aromatic heterocycles. The van der Waals surface area contributed by atoms with Gasteiger partial charge in [-0.2, -0.15) is 4.31 Å². The quantitative estimate of drug-likeness (QED) is 0.503. The predicted octanol–water partition coefficient (Wildman–Crippen LogP) is 1.65. The molecule has 0 aliphatic carbocycles. The van der Waals surface area contributed by atoms with E-state index >= 15 is 0 Å². The molecule has 0 spiro atoms. The summed E-state index contributed by atoms with van der Waals surface area (Å²) in [7, 11) is -3.82. The average molecular weight is 538 g/mol. The van der Waals surface area contributed by atoms with Gasteiger partial charge in [-0.1, -0.05) is 18.2 Å². The molecule has 12 heteroatoms. The van der Waals surface area contributed by atoms with Crippen molar-refractivity contribution in [3.63, 3.8) is 0 Å². The Morgan fingerprint density at radius 3 is 2.53 bits per heavy atom. The maximum absolute atomic E-state index is 14.6. The Labute approximate surface area is 218 Å². The van der Waals surface area contributed by atoms with Crippen LogP contribution in [0.4, 0.5) is 10.1 Å². The number of imide groups is 1. The molecule has 1 unspecified atom stereocenters. The fourth-order valence-corrected chi connectivity index (χ4v) is 7.07. The molecule has 196 valence electrons. The topological polar surface area (TPSA) is 120 Å². The van der Waals surface area contributed by atoms with Crippen LogP contribution in [0.25, 0.3) is 10.9 Å². The molecule has 4 heterocycles. The number of nitrogens with one attached hydrogen (secondary N) is 1. The van der Waals surface area contributed by atoms with Crippen LogP contribution in [0.5, 0.6) is 0 Å². The SMILES string of the molecule is O=C1CCC(N2Cc3c(cc(F)cc3N3CCN(S(=O)(=O)c4cccc5cccnc45)CC3)C2=O)C(=O)N1.